The highest BCUT2D eigenvalue weighted by atomic mass is 35.5. The molecule has 0 aliphatic heterocycles. The van der Waals surface area contributed by atoms with Gasteiger partial charge in [-0.25, -0.2) is 4.79 Å². The molecule has 2 N–H and O–H groups in total. The quantitative estimate of drug-likeness (QED) is 0.521. The van der Waals surface area contributed by atoms with Crippen molar-refractivity contribution < 1.29 is 19.4 Å². The zero-order valence-corrected chi connectivity index (χ0v) is 18.0. The van der Waals surface area contributed by atoms with E-state index in [0.29, 0.717) is 16.3 Å². The van der Waals surface area contributed by atoms with Gasteiger partial charge in [-0.15, -0.1) is 0 Å². The summed E-state index contributed by atoms with van der Waals surface area (Å²) in [6, 6.07) is 17.8. The molecule has 0 spiro atoms. The van der Waals surface area contributed by atoms with E-state index in [-0.39, 0.29) is 11.5 Å². The maximum absolute atomic E-state index is 13.1. The molecule has 0 radical (unpaired) electrons. The van der Waals surface area contributed by atoms with E-state index in [1.807, 2.05) is 49.4 Å². The van der Waals surface area contributed by atoms with Crippen molar-refractivity contribution in [2.45, 2.75) is 25.2 Å². The van der Waals surface area contributed by atoms with Crippen LogP contribution in [0, 0.1) is 6.92 Å². The Morgan fingerprint density at radius 2 is 1.71 bits per heavy atom. The second-order valence-electron chi connectivity index (χ2n) is 7.79. The van der Waals surface area contributed by atoms with Crippen LogP contribution < -0.4 is 10.1 Å². The number of carbonyl (C=O) groups is 2. The number of hydrogen-bond donors (Lipinski definition) is 2. The SMILES string of the molecule is COc1ccc(C2(C(=O)Nc3ccc(C)c(-c4cc(C(=O)O)ccc4Cl)c3)CC2)cc1. The third kappa shape index (κ3) is 4.01. The average Bonchev–Trinajstić information content (AvgIpc) is 3.58. The van der Waals surface area contributed by atoms with Crippen molar-refractivity contribution in [3.63, 3.8) is 0 Å². The van der Waals surface area contributed by atoms with Gasteiger partial charge >= 0.3 is 5.97 Å². The van der Waals surface area contributed by atoms with E-state index in [1.165, 1.54) is 6.07 Å². The van der Waals surface area contributed by atoms with Gasteiger partial charge < -0.3 is 15.2 Å². The number of carboxylic acids is 1. The number of carbonyl (C=O) groups excluding carboxylic acids is 1. The minimum absolute atomic E-state index is 0.0575. The molecule has 158 valence electrons. The maximum atomic E-state index is 13.1. The van der Waals surface area contributed by atoms with Crippen molar-refractivity contribution in [1.82, 2.24) is 0 Å². The molecule has 1 amide bonds. The van der Waals surface area contributed by atoms with Crippen molar-refractivity contribution in [2.24, 2.45) is 0 Å². The van der Waals surface area contributed by atoms with Gasteiger partial charge in [-0.3, -0.25) is 4.79 Å². The van der Waals surface area contributed by atoms with Crippen LogP contribution in [0.2, 0.25) is 5.02 Å². The van der Waals surface area contributed by atoms with E-state index in [0.717, 1.165) is 35.3 Å². The summed E-state index contributed by atoms with van der Waals surface area (Å²) in [4.78, 5) is 24.5. The summed E-state index contributed by atoms with van der Waals surface area (Å²) in [6.45, 7) is 1.92. The van der Waals surface area contributed by atoms with Gasteiger partial charge in [0.2, 0.25) is 5.91 Å². The van der Waals surface area contributed by atoms with Crippen LogP contribution in [0.4, 0.5) is 5.69 Å². The normalized spacial score (nSPS) is 14.0. The van der Waals surface area contributed by atoms with Crippen molar-refractivity contribution in [2.75, 3.05) is 12.4 Å². The van der Waals surface area contributed by atoms with Crippen LogP contribution >= 0.6 is 11.6 Å². The molecule has 0 heterocycles. The first-order valence-electron chi connectivity index (χ1n) is 9.94. The Balaban J connectivity index is 1.63. The fourth-order valence-corrected chi connectivity index (χ4v) is 4.01. The molecule has 5 nitrogen and oxygen atoms in total. The monoisotopic (exact) mass is 435 g/mol. The first-order chi connectivity index (χ1) is 14.8. The first-order valence-corrected chi connectivity index (χ1v) is 10.3. The number of benzene rings is 3. The lowest BCUT2D eigenvalue weighted by molar-refractivity contribution is -0.118. The average molecular weight is 436 g/mol. The van der Waals surface area contributed by atoms with E-state index < -0.39 is 11.4 Å². The van der Waals surface area contributed by atoms with E-state index in [4.69, 9.17) is 16.3 Å². The van der Waals surface area contributed by atoms with Crippen LogP contribution in [-0.4, -0.2) is 24.1 Å². The van der Waals surface area contributed by atoms with Crippen molar-refractivity contribution in [1.29, 1.82) is 0 Å². The molecule has 0 atom stereocenters. The number of aromatic carboxylic acids is 1. The molecule has 1 saturated carbocycles. The summed E-state index contributed by atoms with van der Waals surface area (Å²) < 4.78 is 5.21. The van der Waals surface area contributed by atoms with Crippen LogP contribution in [0.25, 0.3) is 11.1 Å². The number of carboxylic acid groups (broad SMARTS) is 1. The molecule has 6 heteroatoms. The number of anilines is 1. The molecule has 31 heavy (non-hydrogen) atoms. The number of amides is 1. The minimum atomic E-state index is -1.02. The summed E-state index contributed by atoms with van der Waals surface area (Å²) in [5.41, 5.74) is 3.56. The second-order valence-corrected chi connectivity index (χ2v) is 8.20. The summed E-state index contributed by atoms with van der Waals surface area (Å²) in [7, 11) is 1.61. The summed E-state index contributed by atoms with van der Waals surface area (Å²) in [5, 5.41) is 12.8. The summed E-state index contributed by atoms with van der Waals surface area (Å²) in [6.07, 6.45) is 1.58. The number of ether oxygens (including phenoxy) is 1. The van der Waals surface area contributed by atoms with E-state index in [1.54, 1.807) is 19.2 Å². The number of methoxy groups -OCH3 is 1. The van der Waals surface area contributed by atoms with Crippen molar-refractivity contribution >= 4 is 29.2 Å². The predicted octanol–water partition coefficient (Wildman–Crippen LogP) is 5.69. The zero-order chi connectivity index (χ0) is 22.2. The standard InChI is InChI=1S/C25H22ClNO4/c1-15-3-7-18(14-20(15)21-13-16(23(28)29)4-10-22(21)26)27-24(30)25(11-12-25)17-5-8-19(31-2)9-6-17/h3-10,13-14H,11-12H2,1-2H3,(H,27,30)(H,28,29). The molecule has 1 fully saturated rings. The third-order valence-corrected chi connectivity index (χ3v) is 6.16. The lowest BCUT2D eigenvalue weighted by atomic mass is 9.94. The van der Waals surface area contributed by atoms with Gasteiger partial charge in [0.25, 0.3) is 0 Å². The van der Waals surface area contributed by atoms with Gasteiger partial charge in [0.05, 0.1) is 18.1 Å². The zero-order valence-electron chi connectivity index (χ0n) is 17.2. The first kappa shape index (κ1) is 20.9. The maximum Gasteiger partial charge on any atom is 0.335 e. The molecule has 3 aromatic rings. The topological polar surface area (TPSA) is 75.6 Å². The smallest absolute Gasteiger partial charge is 0.335 e. The van der Waals surface area contributed by atoms with Gasteiger partial charge in [0.15, 0.2) is 0 Å². The Morgan fingerprint density at radius 3 is 2.32 bits per heavy atom. The molecule has 4 rings (SSSR count). The predicted molar refractivity (Wildman–Crippen MR) is 121 cm³/mol. The Labute approximate surface area is 185 Å². The Morgan fingerprint density at radius 1 is 1.00 bits per heavy atom. The number of halogens is 1. The Kier molecular flexibility index (Phi) is 5.46. The minimum Gasteiger partial charge on any atom is -0.497 e. The highest BCUT2D eigenvalue weighted by Gasteiger charge is 2.51. The van der Waals surface area contributed by atoms with Crippen LogP contribution in [-0.2, 0) is 10.2 Å². The third-order valence-electron chi connectivity index (χ3n) is 5.83. The van der Waals surface area contributed by atoms with Gasteiger partial charge in [0.1, 0.15) is 5.75 Å². The van der Waals surface area contributed by atoms with Gasteiger partial charge in [-0.05, 0) is 78.9 Å². The number of nitrogens with one attached hydrogen (secondary N) is 1. The largest absolute Gasteiger partial charge is 0.497 e. The van der Waals surface area contributed by atoms with Crippen LogP contribution in [0.5, 0.6) is 5.75 Å². The second kappa shape index (κ2) is 8.08. The molecule has 1 aliphatic carbocycles. The van der Waals surface area contributed by atoms with Crippen LogP contribution in [0.3, 0.4) is 0 Å². The lowest BCUT2D eigenvalue weighted by Gasteiger charge is -2.17. The van der Waals surface area contributed by atoms with Crippen molar-refractivity contribution in [3.8, 4) is 16.9 Å². The Hall–Kier alpha value is -3.31. The molecule has 0 bridgehead atoms. The van der Waals surface area contributed by atoms with Gasteiger partial charge in [-0.2, -0.15) is 0 Å². The molecule has 3 aromatic carbocycles. The van der Waals surface area contributed by atoms with Crippen LogP contribution in [0.15, 0.2) is 60.7 Å². The molecular weight excluding hydrogens is 414 g/mol. The number of hydrogen-bond acceptors (Lipinski definition) is 3. The molecule has 1 aliphatic rings. The van der Waals surface area contributed by atoms with Gasteiger partial charge in [0, 0.05) is 16.3 Å². The van der Waals surface area contributed by atoms with E-state index in [2.05, 4.69) is 5.32 Å². The lowest BCUT2D eigenvalue weighted by Crippen LogP contribution is -2.27. The summed E-state index contributed by atoms with van der Waals surface area (Å²) >= 11 is 6.36. The molecule has 0 unspecified atom stereocenters. The highest BCUT2D eigenvalue weighted by molar-refractivity contribution is 6.33. The molecule has 0 saturated heterocycles. The number of rotatable bonds is 6. The van der Waals surface area contributed by atoms with Gasteiger partial charge in [-0.1, -0.05) is 29.8 Å². The number of aryl methyl sites for hydroxylation is 1. The fourth-order valence-electron chi connectivity index (χ4n) is 3.79. The highest BCUT2D eigenvalue weighted by Crippen LogP contribution is 2.49. The molecular formula is C25H22ClNO4. The van der Waals surface area contributed by atoms with Crippen molar-refractivity contribution in [3.05, 3.63) is 82.4 Å². The summed E-state index contributed by atoms with van der Waals surface area (Å²) in [5.74, 6) is -0.323. The molecule has 0 aromatic heterocycles. The van der Waals surface area contributed by atoms with E-state index >= 15 is 0 Å². The Bertz CT molecular complexity index is 1170. The van der Waals surface area contributed by atoms with Crippen LogP contribution in [0.1, 0.15) is 34.3 Å². The van der Waals surface area contributed by atoms with E-state index in [9.17, 15) is 14.7 Å². The fraction of sp³-hybridized carbons (Fsp3) is 0.200.